The number of carbonyl (C=O) groups is 1. The maximum absolute atomic E-state index is 13.3. The highest BCUT2D eigenvalue weighted by Gasteiger charge is 2.36. The Labute approximate surface area is 179 Å². The molecule has 2 N–H and O–H groups in total. The zero-order valence-electron chi connectivity index (χ0n) is 16.4. The molecule has 2 aromatic carbocycles. The number of aryl methyl sites for hydroxylation is 2. The lowest BCUT2D eigenvalue weighted by molar-refractivity contribution is -0.116. The lowest BCUT2D eigenvalue weighted by Crippen LogP contribution is -2.41. The molecule has 29 heavy (non-hydrogen) atoms. The number of rotatable bonds is 4. The Bertz CT molecular complexity index is 1050. The van der Waals surface area contributed by atoms with Gasteiger partial charge in [0.25, 0.3) is 0 Å². The van der Waals surface area contributed by atoms with Crippen LogP contribution in [0, 0.1) is 13.8 Å². The molecule has 1 aliphatic heterocycles. The fourth-order valence-corrected chi connectivity index (χ4v) is 4.78. The van der Waals surface area contributed by atoms with Crippen molar-refractivity contribution in [3.63, 3.8) is 0 Å². The first-order valence-electron chi connectivity index (χ1n) is 9.29. The summed E-state index contributed by atoms with van der Waals surface area (Å²) in [6, 6.07) is 17.2. The molecule has 4 rings (SSSR count). The van der Waals surface area contributed by atoms with Gasteiger partial charge in [-0.25, -0.2) is 0 Å². The number of ether oxygens (including phenoxy) is 1. The Morgan fingerprint density at radius 3 is 2.62 bits per heavy atom. The molecule has 3 aromatic rings. The summed E-state index contributed by atoms with van der Waals surface area (Å²) < 4.78 is 7.31. The van der Waals surface area contributed by atoms with E-state index in [1.807, 2.05) is 67.1 Å². The Balaban J connectivity index is 1.67. The Hall–Kier alpha value is -2.57. The predicted octanol–water partition coefficient (Wildman–Crippen LogP) is 5.16. The van der Waals surface area contributed by atoms with Crippen molar-refractivity contribution in [1.82, 2.24) is 4.68 Å². The van der Waals surface area contributed by atoms with Crippen LogP contribution in [0.4, 0.5) is 5.69 Å². The van der Waals surface area contributed by atoms with Gasteiger partial charge in [0.15, 0.2) is 0 Å². The molecule has 2 atom stereocenters. The van der Waals surface area contributed by atoms with E-state index in [2.05, 4.69) is 10.7 Å². The van der Waals surface area contributed by atoms with Crippen molar-refractivity contribution >= 4 is 35.0 Å². The number of aromatic nitrogens is 1. The first-order chi connectivity index (χ1) is 14.0. The van der Waals surface area contributed by atoms with Crippen molar-refractivity contribution < 1.29 is 9.53 Å². The van der Waals surface area contributed by atoms with Gasteiger partial charge in [-0.1, -0.05) is 41.6 Å². The molecule has 150 valence electrons. The van der Waals surface area contributed by atoms with Crippen molar-refractivity contribution in [2.45, 2.75) is 30.2 Å². The van der Waals surface area contributed by atoms with Gasteiger partial charge >= 0.3 is 0 Å². The van der Waals surface area contributed by atoms with E-state index in [4.69, 9.17) is 16.3 Å². The molecular weight excluding hydrogens is 406 g/mol. The third kappa shape index (κ3) is 3.95. The van der Waals surface area contributed by atoms with E-state index in [0.29, 0.717) is 5.02 Å². The van der Waals surface area contributed by atoms with Crippen LogP contribution in [0.25, 0.3) is 0 Å². The molecule has 0 saturated carbocycles. The molecule has 1 aliphatic rings. The van der Waals surface area contributed by atoms with E-state index in [0.717, 1.165) is 33.3 Å². The van der Waals surface area contributed by atoms with Crippen LogP contribution < -0.4 is 15.5 Å². The monoisotopic (exact) mass is 427 g/mol. The predicted molar refractivity (Wildman–Crippen MR) is 119 cm³/mol. The molecular formula is C22H22ClN3O2S. The van der Waals surface area contributed by atoms with Crippen molar-refractivity contribution in [2.75, 3.05) is 17.9 Å². The number of halogens is 1. The molecule has 1 aromatic heterocycles. The second-order valence-electron chi connectivity index (χ2n) is 7.02. The van der Waals surface area contributed by atoms with Crippen LogP contribution in [-0.4, -0.2) is 22.9 Å². The average molecular weight is 428 g/mol. The summed E-state index contributed by atoms with van der Waals surface area (Å²) in [7, 11) is 1.64. The summed E-state index contributed by atoms with van der Waals surface area (Å²) >= 11 is 7.68. The number of hydrogen-bond donors (Lipinski definition) is 2. The summed E-state index contributed by atoms with van der Waals surface area (Å²) in [4.78, 5) is 13.3. The maximum atomic E-state index is 13.3. The Kier molecular flexibility index (Phi) is 5.48. The molecule has 2 heterocycles. The lowest BCUT2D eigenvalue weighted by Gasteiger charge is -2.34. The smallest absolute Gasteiger partial charge is 0.240 e. The minimum atomic E-state index is -0.358. The van der Waals surface area contributed by atoms with Crippen LogP contribution in [-0.2, 0) is 4.79 Å². The van der Waals surface area contributed by atoms with Crippen molar-refractivity contribution in [3.8, 4) is 5.75 Å². The normalized spacial score (nSPS) is 17.9. The van der Waals surface area contributed by atoms with E-state index < -0.39 is 0 Å². The second-order valence-corrected chi connectivity index (χ2v) is 8.61. The highest BCUT2D eigenvalue weighted by atomic mass is 35.5. The van der Waals surface area contributed by atoms with Crippen LogP contribution in [0.2, 0.25) is 5.02 Å². The van der Waals surface area contributed by atoms with Gasteiger partial charge in [-0.3, -0.25) is 9.47 Å². The van der Waals surface area contributed by atoms with Crippen LogP contribution in [0.3, 0.4) is 0 Å². The van der Waals surface area contributed by atoms with Crippen molar-refractivity contribution in [1.29, 1.82) is 0 Å². The molecule has 0 unspecified atom stereocenters. The standard InChI is InChI=1S/C22H22ClN3O2S/c1-13-4-8-16(23)12-18(13)24-22(27)21-20(15-6-9-17(28-3)10-7-15)25-26-14(2)5-11-19(26)29-21/h4-12,20-21,25H,1-3H3,(H,24,27)/t20-,21-/m0/s1. The number of carbonyl (C=O) groups excluding carboxylic acids is 1. The molecule has 0 radical (unpaired) electrons. The lowest BCUT2D eigenvalue weighted by atomic mass is 10.0. The molecule has 0 bridgehead atoms. The Morgan fingerprint density at radius 1 is 1.14 bits per heavy atom. The van der Waals surface area contributed by atoms with E-state index >= 15 is 0 Å². The zero-order chi connectivity index (χ0) is 20.5. The number of anilines is 1. The van der Waals surface area contributed by atoms with Gasteiger partial charge in [0, 0.05) is 16.4 Å². The molecule has 0 fully saturated rings. The van der Waals surface area contributed by atoms with E-state index in [-0.39, 0.29) is 17.2 Å². The number of amides is 1. The van der Waals surface area contributed by atoms with Crippen LogP contribution >= 0.6 is 23.4 Å². The third-order valence-electron chi connectivity index (χ3n) is 5.05. The summed E-state index contributed by atoms with van der Waals surface area (Å²) in [5, 5.41) is 4.31. The molecule has 0 saturated heterocycles. The van der Waals surface area contributed by atoms with Gasteiger partial charge in [-0.2, -0.15) is 0 Å². The van der Waals surface area contributed by atoms with E-state index in [1.54, 1.807) is 24.9 Å². The molecule has 1 amide bonds. The minimum absolute atomic E-state index is 0.0706. The van der Waals surface area contributed by atoms with Gasteiger partial charge < -0.3 is 15.5 Å². The summed E-state index contributed by atoms with van der Waals surface area (Å²) in [5.74, 6) is 0.712. The topological polar surface area (TPSA) is 55.3 Å². The number of fused-ring (bicyclic) bond motifs is 1. The first-order valence-corrected chi connectivity index (χ1v) is 10.5. The van der Waals surface area contributed by atoms with Gasteiger partial charge in [-0.05, 0) is 61.4 Å². The number of nitrogens with zero attached hydrogens (tertiary/aromatic N) is 1. The summed E-state index contributed by atoms with van der Waals surface area (Å²) in [5.41, 5.74) is 7.32. The van der Waals surface area contributed by atoms with Crippen molar-refractivity contribution in [3.05, 3.63) is 76.4 Å². The van der Waals surface area contributed by atoms with Crippen molar-refractivity contribution in [2.24, 2.45) is 0 Å². The number of methoxy groups -OCH3 is 1. The highest BCUT2D eigenvalue weighted by Crippen LogP contribution is 2.39. The van der Waals surface area contributed by atoms with Crippen LogP contribution in [0.5, 0.6) is 5.75 Å². The molecule has 5 nitrogen and oxygen atoms in total. The number of hydrogen-bond acceptors (Lipinski definition) is 4. The first kappa shape index (κ1) is 19.7. The summed E-state index contributed by atoms with van der Waals surface area (Å²) in [6.07, 6.45) is 0. The van der Waals surface area contributed by atoms with Gasteiger partial charge in [0.2, 0.25) is 5.91 Å². The average Bonchev–Trinajstić information content (AvgIpc) is 3.10. The van der Waals surface area contributed by atoms with E-state index in [1.165, 1.54) is 0 Å². The van der Waals surface area contributed by atoms with E-state index in [9.17, 15) is 4.79 Å². The molecule has 7 heteroatoms. The largest absolute Gasteiger partial charge is 0.497 e. The number of nitrogens with one attached hydrogen (secondary N) is 2. The maximum Gasteiger partial charge on any atom is 0.240 e. The number of benzene rings is 2. The van der Waals surface area contributed by atoms with Crippen LogP contribution in [0.1, 0.15) is 22.9 Å². The number of thioether (sulfide) groups is 1. The zero-order valence-corrected chi connectivity index (χ0v) is 18.0. The fourth-order valence-electron chi connectivity index (χ4n) is 3.38. The third-order valence-corrected chi connectivity index (χ3v) is 6.59. The molecule has 0 spiro atoms. The minimum Gasteiger partial charge on any atom is -0.497 e. The van der Waals surface area contributed by atoms with Gasteiger partial charge in [0.1, 0.15) is 11.0 Å². The Morgan fingerprint density at radius 2 is 1.90 bits per heavy atom. The SMILES string of the molecule is COc1ccc([C@@H]2Nn3c(C)ccc3S[C@@H]2C(=O)Nc2cc(Cl)ccc2C)cc1. The second kappa shape index (κ2) is 8.05. The van der Waals surface area contributed by atoms with Crippen LogP contribution in [0.15, 0.2) is 59.6 Å². The quantitative estimate of drug-likeness (QED) is 0.603. The fraction of sp³-hybridized carbons (Fsp3) is 0.227. The highest BCUT2D eigenvalue weighted by molar-refractivity contribution is 8.00. The molecule has 0 aliphatic carbocycles. The summed E-state index contributed by atoms with van der Waals surface area (Å²) in [6.45, 7) is 3.99. The van der Waals surface area contributed by atoms with Gasteiger partial charge in [-0.15, -0.1) is 0 Å². The van der Waals surface area contributed by atoms with Gasteiger partial charge in [0.05, 0.1) is 18.2 Å².